The van der Waals surface area contributed by atoms with Gasteiger partial charge in [0.05, 0.1) is 12.7 Å². The monoisotopic (exact) mass is 486 g/mol. The third-order valence-corrected chi connectivity index (χ3v) is 6.47. The highest BCUT2D eigenvalue weighted by Gasteiger charge is 2.37. The van der Waals surface area contributed by atoms with Crippen molar-refractivity contribution >= 4 is 39.1 Å². The number of carbonyl (C=O) groups excluding carboxylic acids is 1. The van der Waals surface area contributed by atoms with E-state index in [1.54, 1.807) is 32.0 Å². The Hall–Kier alpha value is -2.93. The van der Waals surface area contributed by atoms with Crippen LogP contribution in [0, 0.1) is 0 Å². The van der Waals surface area contributed by atoms with Crippen molar-refractivity contribution in [2.45, 2.75) is 38.4 Å². The molecule has 1 aromatic heterocycles. The van der Waals surface area contributed by atoms with Gasteiger partial charge in [0.25, 0.3) is 0 Å². The van der Waals surface area contributed by atoms with E-state index in [2.05, 4.69) is 25.9 Å². The number of rotatable bonds is 8. The van der Waals surface area contributed by atoms with Crippen molar-refractivity contribution in [2.75, 3.05) is 35.8 Å². The summed E-state index contributed by atoms with van der Waals surface area (Å²) in [5.41, 5.74) is 0.00394. The lowest BCUT2D eigenvalue weighted by Gasteiger charge is -2.30. The molecule has 1 amide bonds. The van der Waals surface area contributed by atoms with E-state index in [1.807, 2.05) is 0 Å². The van der Waals surface area contributed by atoms with Gasteiger partial charge in [-0.05, 0) is 44.0 Å². The summed E-state index contributed by atoms with van der Waals surface area (Å²) in [6.45, 7) is 3.42. The van der Waals surface area contributed by atoms with E-state index < -0.39 is 33.1 Å². The lowest BCUT2D eigenvalue weighted by atomic mass is 10.0. The second-order valence-electron chi connectivity index (χ2n) is 8.52. The number of benzene rings is 1. The number of halogens is 3. The Kier molecular flexibility index (Phi) is 6.58. The van der Waals surface area contributed by atoms with Crippen molar-refractivity contribution in [1.82, 2.24) is 14.3 Å². The summed E-state index contributed by atoms with van der Waals surface area (Å²) in [6, 6.07) is 5.04. The van der Waals surface area contributed by atoms with Crippen LogP contribution in [0.3, 0.4) is 0 Å². The van der Waals surface area contributed by atoms with Gasteiger partial charge in [-0.2, -0.15) is 18.2 Å². The van der Waals surface area contributed by atoms with Crippen LogP contribution in [-0.2, 0) is 27.4 Å². The first-order valence-electron chi connectivity index (χ1n) is 9.98. The maximum absolute atomic E-state index is 13.6. The minimum absolute atomic E-state index is 0.0632. The van der Waals surface area contributed by atoms with Crippen LogP contribution in [0.5, 0.6) is 0 Å². The summed E-state index contributed by atoms with van der Waals surface area (Å²) in [5.74, 6) is -0.625. The number of hydrogen-bond donors (Lipinski definition) is 3. The number of aromatic nitrogens is 2. The third-order valence-electron chi connectivity index (χ3n) is 5.16. The fourth-order valence-electron chi connectivity index (χ4n) is 3.17. The molecule has 180 valence electrons. The van der Waals surface area contributed by atoms with Gasteiger partial charge in [-0.15, -0.1) is 0 Å². The normalized spacial score (nSPS) is 14.2. The largest absolute Gasteiger partial charge is 0.421 e. The standard InChI is InChI=1S/C20H25F3N6O3S/c1-19(2,7-8-29(3)33(4,31)32)28-17-14(20(21,22)23)11-24-18(27-17)25-13-5-6-15-12(9-13)10-16(30)26-15/h5-6,9,11H,7-8,10H2,1-4H3,(H,26,30)(H2,24,25,27,28). The van der Waals surface area contributed by atoms with Crippen molar-refractivity contribution in [3.8, 4) is 0 Å². The number of alkyl halides is 3. The maximum Gasteiger partial charge on any atom is 0.421 e. The summed E-state index contributed by atoms with van der Waals surface area (Å²) in [7, 11) is -2.01. The van der Waals surface area contributed by atoms with Crippen molar-refractivity contribution in [2.24, 2.45) is 0 Å². The Morgan fingerprint density at radius 2 is 1.94 bits per heavy atom. The fraction of sp³-hybridized carbons (Fsp3) is 0.450. The van der Waals surface area contributed by atoms with Crippen LogP contribution < -0.4 is 16.0 Å². The molecule has 0 bridgehead atoms. The summed E-state index contributed by atoms with van der Waals surface area (Å²) in [6.07, 6.45) is -2.51. The van der Waals surface area contributed by atoms with Gasteiger partial charge >= 0.3 is 6.18 Å². The first-order chi connectivity index (χ1) is 15.1. The Bertz CT molecular complexity index is 1170. The van der Waals surface area contributed by atoms with Crippen molar-refractivity contribution in [3.05, 3.63) is 35.5 Å². The molecule has 1 aromatic carbocycles. The Balaban J connectivity index is 1.83. The minimum Gasteiger partial charge on any atom is -0.364 e. The molecule has 0 saturated carbocycles. The minimum atomic E-state index is -4.69. The Morgan fingerprint density at radius 1 is 1.24 bits per heavy atom. The molecule has 3 rings (SSSR count). The molecule has 0 saturated heterocycles. The van der Waals surface area contributed by atoms with Crippen LogP contribution in [-0.4, -0.2) is 54.0 Å². The molecular weight excluding hydrogens is 461 g/mol. The molecule has 2 aromatic rings. The van der Waals surface area contributed by atoms with Crippen molar-refractivity contribution in [1.29, 1.82) is 0 Å². The average molecular weight is 487 g/mol. The van der Waals surface area contributed by atoms with E-state index in [0.717, 1.165) is 16.1 Å². The van der Waals surface area contributed by atoms with Crippen LogP contribution in [0.4, 0.5) is 36.3 Å². The van der Waals surface area contributed by atoms with Crippen LogP contribution in [0.2, 0.25) is 0 Å². The lowest BCUT2D eigenvalue weighted by Crippen LogP contribution is -2.38. The zero-order chi connectivity index (χ0) is 24.6. The molecule has 0 unspecified atom stereocenters. The Labute approximate surface area is 189 Å². The van der Waals surface area contributed by atoms with Crippen LogP contribution in [0.25, 0.3) is 0 Å². The van der Waals surface area contributed by atoms with Crippen LogP contribution in [0.1, 0.15) is 31.4 Å². The number of amides is 1. The van der Waals surface area contributed by atoms with E-state index in [1.165, 1.54) is 7.05 Å². The number of carbonyl (C=O) groups is 1. The molecule has 0 atom stereocenters. The number of hydrogen-bond acceptors (Lipinski definition) is 7. The summed E-state index contributed by atoms with van der Waals surface area (Å²) >= 11 is 0. The van der Waals surface area contributed by atoms with Crippen LogP contribution >= 0.6 is 0 Å². The molecular formula is C20H25F3N6O3S. The van der Waals surface area contributed by atoms with E-state index in [4.69, 9.17) is 0 Å². The smallest absolute Gasteiger partial charge is 0.364 e. The molecule has 1 aliphatic heterocycles. The molecule has 2 heterocycles. The number of sulfonamides is 1. The van der Waals surface area contributed by atoms with Gasteiger partial charge in [0.2, 0.25) is 21.9 Å². The van der Waals surface area contributed by atoms with Gasteiger partial charge < -0.3 is 16.0 Å². The van der Waals surface area contributed by atoms with Gasteiger partial charge in [-0.25, -0.2) is 17.7 Å². The molecule has 13 heteroatoms. The molecule has 0 spiro atoms. The molecule has 0 radical (unpaired) electrons. The Morgan fingerprint density at radius 3 is 2.58 bits per heavy atom. The summed E-state index contributed by atoms with van der Waals surface area (Å²) in [5, 5.41) is 8.36. The average Bonchev–Trinajstić information content (AvgIpc) is 3.03. The van der Waals surface area contributed by atoms with Gasteiger partial charge in [-0.1, -0.05) is 0 Å². The highest BCUT2D eigenvalue weighted by atomic mass is 32.2. The van der Waals surface area contributed by atoms with Gasteiger partial charge in [0, 0.05) is 36.7 Å². The zero-order valence-corrected chi connectivity index (χ0v) is 19.4. The molecule has 3 N–H and O–H groups in total. The zero-order valence-electron chi connectivity index (χ0n) is 18.5. The van der Waals surface area contributed by atoms with E-state index in [9.17, 15) is 26.4 Å². The highest BCUT2D eigenvalue weighted by molar-refractivity contribution is 7.88. The number of fused-ring (bicyclic) bond motifs is 1. The second-order valence-corrected chi connectivity index (χ2v) is 10.6. The second kappa shape index (κ2) is 8.78. The number of anilines is 4. The van der Waals surface area contributed by atoms with E-state index in [-0.39, 0.29) is 31.2 Å². The van der Waals surface area contributed by atoms with Gasteiger partial charge in [0.1, 0.15) is 11.4 Å². The third kappa shape index (κ3) is 6.32. The fourth-order valence-corrected chi connectivity index (χ4v) is 3.59. The van der Waals surface area contributed by atoms with Crippen molar-refractivity contribution in [3.63, 3.8) is 0 Å². The molecule has 0 fully saturated rings. The topological polar surface area (TPSA) is 116 Å². The van der Waals surface area contributed by atoms with Crippen molar-refractivity contribution < 1.29 is 26.4 Å². The molecule has 33 heavy (non-hydrogen) atoms. The van der Waals surface area contributed by atoms with E-state index >= 15 is 0 Å². The highest BCUT2D eigenvalue weighted by Crippen LogP contribution is 2.36. The predicted octanol–water partition coefficient (Wildman–Crippen LogP) is 3.21. The first-order valence-corrected chi connectivity index (χ1v) is 11.8. The quantitative estimate of drug-likeness (QED) is 0.525. The molecule has 0 aliphatic carbocycles. The van der Waals surface area contributed by atoms with Gasteiger partial charge in [-0.3, -0.25) is 4.79 Å². The molecule has 9 nitrogen and oxygen atoms in total. The SMILES string of the molecule is CN(CCC(C)(C)Nc1nc(Nc2ccc3c(c2)CC(=O)N3)ncc1C(F)(F)F)S(C)(=O)=O. The lowest BCUT2D eigenvalue weighted by molar-refractivity contribution is -0.137. The van der Waals surface area contributed by atoms with E-state index in [0.29, 0.717) is 17.6 Å². The van der Waals surface area contributed by atoms with Crippen LogP contribution in [0.15, 0.2) is 24.4 Å². The predicted molar refractivity (Wildman–Crippen MR) is 119 cm³/mol. The number of nitrogens with one attached hydrogen (secondary N) is 3. The number of nitrogens with zero attached hydrogens (tertiary/aromatic N) is 3. The molecule has 1 aliphatic rings. The van der Waals surface area contributed by atoms with Gasteiger partial charge in [0.15, 0.2) is 0 Å². The summed E-state index contributed by atoms with van der Waals surface area (Å²) in [4.78, 5) is 19.4. The first kappa shape index (κ1) is 24.7. The summed E-state index contributed by atoms with van der Waals surface area (Å²) < 4.78 is 65.1. The maximum atomic E-state index is 13.6.